The average molecular weight is 154 g/mol. The first-order valence-corrected chi connectivity index (χ1v) is 3.91. The van der Waals surface area contributed by atoms with Crippen molar-refractivity contribution in [2.24, 2.45) is 0 Å². The van der Waals surface area contributed by atoms with Gasteiger partial charge in [0.25, 0.3) is 0 Å². The zero-order chi connectivity index (χ0) is 8.43. The van der Waals surface area contributed by atoms with Gasteiger partial charge < -0.3 is 5.11 Å². The molecule has 3 nitrogen and oxygen atoms in total. The first-order chi connectivity index (χ1) is 5.15. The van der Waals surface area contributed by atoms with Crippen LogP contribution in [0.1, 0.15) is 32.4 Å². The molecule has 0 aliphatic heterocycles. The maximum atomic E-state index is 9.35. The maximum absolute atomic E-state index is 9.35. The molecule has 0 bridgehead atoms. The average Bonchev–Trinajstić information content (AvgIpc) is 2.30. The van der Waals surface area contributed by atoms with Gasteiger partial charge in [-0.15, -0.1) is 0 Å². The summed E-state index contributed by atoms with van der Waals surface area (Å²) >= 11 is 0. The van der Waals surface area contributed by atoms with Crippen LogP contribution in [0, 0.1) is 0 Å². The molecule has 0 radical (unpaired) electrons. The second-order valence-corrected chi connectivity index (χ2v) is 2.91. The van der Waals surface area contributed by atoms with Gasteiger partial charge in [0.15, 0.2) is 5.75 Å². The number of aryl methyl sites for hydroxylation is 1. The minimum Gasteiger partial charge on any atom is -0.504 e. The molecular formula is C8H14N2O. The Balaban J connectivity index is 2.97. The molecule has 3 heteroatoms. The Morgan fingerprint density at radius 1 is 1.64 bits per heavy atom. The summed E-state index contributed by atoms with van der Waals surface area (Å²) < 4.78 is 1.74. The molecule has 1 aromatic heterocycles. The monoisotopic (exact) mass is 154 g/mol. The van der Waals surface area contributed by atoms with E-state index in [1.165, 1.54) is 0 Å². The Morgan fingerprint density at radius 2 is 2.27 bits per heavy atom. The Bertz CT molecular complexity index is 240. The zero-order valence-corrected chi connectivity index (χ0v) is 7.20. The van der Waals surface area contributed by atoms with Crippen LogP contribution >= 0.6 is 0 Å². The zero-order valence-electron chi connectivity index (χ0n) is 7.20. The van der Waals surface area contributed by atoms with Gasteiger partial charge in [-0.2, -0.15) is 5.10 Å². The third-order valence-corrected chi connectivity index (χ3v) is 1.64. The van der Waals surface area contributed by atoms with Crippen molar-refractivity contribution in [1.29, 1.82) is 0 Å². The van der Waals surface area contributed by atoms with Gasteiger partial charge in [-0.1, -0.05) is 13.8 Å². The first kappa shape index (κ1) is 8.11. The van der Waals surface area contributed by atoms with Crippen LogP contribution in [0.15, 0.2) is 6.20 Å². The Labute approximate surface area is 66.7 Å². The van der Waals surface area contributed by atoms with Crippen LogP contribution in [-0.2, 0) is 6.54 Å². The molecule has 0 fully saturated rings. The third kappa shape index (κ3) is 1.53. The second-order valence-electron chi connectivity index (χ2n) is 2.91. The number of hydrogen-bond acceptors (Lipinski definition) is 2. The topological polar surface area (TPSA) is 38.0 Å². The van der Waals surface area contributed by atoms with E-state index in [4.69, 9.17) is 0 Å². The fraction of sp³-hybridized carbons (Fsp3) is 0.625. The minimum atomic E-state index is 0.294. The Morgan fingerprint density at radius 3 is 2.55 bits per heavy atom. The molecule has 1 aromatic rings. The lowest BCUT2D eigenvalue weighted by Gasteiger charge is -1.98. The summed E-state index contributed by atoms with van der Waals surface area (Å²) in [5.74, 6) is 0.602. The molecule has 0 unspecified atom stereocenters. The summed E-state index contributed by atoms with van der Waals surface area (Å²) in [4.78, 5) is 0. The lowest BCUT2D eigenvalue weighted by atomic mass is 10.1. The van der Waals surface area contributed by atoms with Crippen molar-refractivity contribution < 1.29 is 5.11 Å². The van der Waals surface area contributed by atoms with E-state index in [1.54, 1.807) is 10.9 Å². The summed E-state index contributed by atoms with van der Waals surface area (Å²) in [7, 11) is 0. The van der Waals surface area contributed by atoms with Crippen LogP contribution in [0.3, 0.4) is 0 Å². The number of aromatic nitrogens is 2. The van der Waals surface area contributed by atoms with Crippen molar-refractivity contribution in [1.82, 2.24) is 9.78 Å². The minimum absolute atomic E-state index is 0.294. The van der Waals surface area contributed by atoms with Crippen molar-refractivity contribution in [3.63, 3.8) is 0 Å². The normalized spacial score (nSPS) is 10.9. The fourth-order valence-electron chi connectivity index (χ4n) is 0.999. The van der Waals surface area contributed by atoms with Crippen molar-refractivity contribution in [3.8, 4) is 5.75 Å². The van der Waals surface area contributed by atoms with Gasteiger partial charge in [0.2, 0.25) is 0 Å². The Kier molecular flexibility index (Phi) is 2.17. The summed E-state index contributed by atoms with van der Waals surface area (Å²) in [6, 6.07) is 0. The lowest BCUT2D eigenvalue weighted by Crippen LogP contribution is -1.96. The highest BCUT2D eigenvalue weighted by atomic mass is 16.3. The molecule has 0 aliphatic rings. The molecule has 0 saturated heterocycles. The molecule has 62 valence electrons. The molecular weight excluding hydrogens is 140 g/mol. The van der Waals surface area contributed by atoms with Crippen molar-refractivity contribution >= 4 is 0 Å². The summed E-state index contributed by atoms with van der Waals surface area (Å²) in [6.07, 6.45) is 1.66. The van der Waals surface area contributed by atoms with Crippen LogP contribution < -0.4 is 0 Å². The molecule has 0 atom stereocenters. The number of rotatable bonds is 2. The predicted octanol–water partition coefficient (Wildman–Crippen LogP) is 1.73. The molecule has 0 amide bonds. The van der Waals surface area contributed by atoms with E-state index in [0.717, 1.165) is 12.2 Å². The third-order valence-electron chi connectivity index (χ3n) is 1.64. The fourth-order valence-corrected chi connectivity index (χ4v) is 0.999. The molecule has 1 N–H and O–H groups in total. The van der Waals surface area contributed by atoms with Crippen LogP contribution in [0.25, 0.3) is 0 Å². The molecule has 1 rings (SSSR count). The van der Waals surface area contributed by atoms with Gasteiger partial charge in [0.1, 0.15) is 5.69 Å². The second kappa shape index (κ2) is 2.95. The smallest absolute Gasteiger partial charge is 0.157 e. The van der Waals surface area contributed by atoms with Crippen LogP contribution in [0.5, 0.6) is 5.75 Å². The largest absolute Gasteiger partial charge is 0.504 e. The van der Waals surface area contributed by atoms with Crippen LogP contribution in [-0.4, -0.2) is 14.9 Å². The van der Waals surface area contributed by atoms with Crippen LogP contribution in [0.2, 0.25) is 0 Å². The predicted molar refractivity (Wildman–Crippen MR) is 43.7 cm³/mol. The van der Waals surface area contributed by atoms with Gasteiger partial charge in [-0.25, -0.2) is 0 Å². The number of hydrogen-bond donors (Lipinski definition) is 1. The maximum Gasteiger partial charge on any atom is 0.157 e. The van der Waals surface area contributed by atoms with Gasteiger partial charge >= 0.3 is 0 Å². The van der Waals surface area contributed by atoms with Gasteiger partial charge in [0, 0.05) is 12.5 Å². The summed E-state index contributed by atoms with van der Waals surface area (Å²) in [6.45, 7) is 6.83. The molecule has 0 spiro atoms. The highest BCUT2D eigenvalue weighted by molar-refractivity contribution is 5.25. The van der Waals surface area contributed by atoms with E-state index in [9.17, 15) is 5.11 Å². The van der Waals surface area contributed by atoms with E-state index in [2.05, 4.69) is 5.10 Å². The van der Waals surface area contributed by atoms with Crippen molar-refractivity contribution in [3.05, 3.63) is 11.9 Å². The highest BCUT2D eigenvalue weighted by Crippen LogP contribution is 2.22. The van der Waals surface area contributed by atoms with E-state index in [1.807, 2.05) is 20.8 Å². The van der Waals surface area contributed by atoms with Crippen molar-refractivity contribution in [2.75, 3.05) is 0 Å². The van der Waals surface area contributed by atoms with Crippen molar-refractivity contribution in [2.45, 2.75) is 33.2 Å². The first-order valence-electron chi connectivity index (χ1n) is 3.91. The van der Waals surface area contributed by atoms with E-state index in [0.29, 0.717) is 11.7 Å². The molecule has 0 aromatic carbocycles. The SMILES string of the molecule is CCn1cc(O)c(C(C)C)n1. The van der Waals surface area contributed by atoms with E-state index < -0.39 is 0 Å². The van der Waals surface area contributed by atoms with E-state index in [-0.39, 0.29) is 0 Å². The number of nitrogens with zero attached hydrogens (tertiary/aromatic N) is 2. The quantitative estimate of drug-likeness (QED) is 0.704. The summed E-state index contributed by atoms with van der Waals surface area (Å²) in [5.41, 5.74) is 0.784. The highest BCUT2D eigenvalue weighted by Gasteiger charge is 2.09. The molecule has 11 heavy (non-hydrogen) atoms. The Hall–Kier alpha value is -0.990. The summed E-state index contributed by atoms with van der Waals surface area (Å²) in [5, 5.41) is 13.5. The van der Waals surface area contributed by atoms with Gasteiger partial charge in [-0.3, -0.25) is 4.68 Å². The van der Waals surface area contributed by atoms with Crippen LogP contribution in [0.4, 0.5) is 0 Å². The van der Waals surface area contributed by atoms with E-state index >= 15 is 0 Å². The van der Waals surface area contributed by atoms with Gasteiger partial charge in [-0.05, 0) is 6.92 Å². The molecule has 0 saturated carbocycles. The molecule has 0 aliphatic carbocycles. The number of aromatic hydroxyl groups is 1. The lowest BCUT2D eigenvalue weighted by molar-refractivity contribution is 0.464. The molecule has 1 heterocycles. The van der Waals surface area contributed by atoms with Gasteiger partial charge in [0.05, 0.1) is 6.20 Å². The standard InChI is InChI=1S/C8H14N2O/c1-4-10-5-7(11)8(9-10)6(2)3/h5-6,11H,4H2,1-3H3.